The number of Topliss-reactive ketones (excluding diaryl/α,β-unsaturated/α-hetero) is 1. The minimum Gasteiger partial charge on any atom is -0.484 e. The highest BCUT2D eigenvalue weighted by molar-refractivity contribution is 9.10. The molecule has 1 atom stereocenters. The van der Waals surface area contributed by atoms with Crippen LogP contribution in [0.1, 0.15) is 28.4 Å². The summed E-state index contributed by atoms with van der Waals surface area (Å²) in [5, 5.41) is 0. The highest BCUT2D eigenvalue weighted by atomic mass is 79.9. The average Bonchev–Trinajstić information content (AvgIpc) is 2.39. The van der Waals surface area contributed by atoms with Crippen LogP contribution in [-0.2, 0) is 0 Å². The number of ether oxygens (including phenoxy) is 1. The lowest BCUT2D eigenvalue weighted by Crippen LogP contribution is -2.20. The molecular formula is C15H11BrO2. The van der Waals surface area contributed by atoms with Gasteiger partial charge in [0.25, 0.3) is 0 Å². The minimum atomic E-state index is -0.190. The summed E-state index contributed by atoms with van der Waals surface area (Å²) in [6.07, 6.45) is 0.206. The number of fused-ring (bicyclic) bond motifs is 1. The number of hydrogen-bond acceptors (Lipinski definition) is 2. The second-order valence-corrected chi connectivity index (χ2v) is 5.20. The fraction of sp³-hybridized carbons (Fsp3) is 0.133. The van der Waals surface area contributed by atoms with Crippen LogP contribution >= 0.6 is 15.9 Å². The Labute approximate surface area is 114 Å². The summed E-state index contributed by atoms with van der Waals surface area (Å²) in [7, 11) is 0. The van der Waals surface area contributed by atoms with Gasteiger partial charge in [-0.05, 0) is 29.8 Å². The number of rotatable bonds is 1. The summed E-state index contributed by atoms with van der Waals surface area (Å²) < 4.78 is 6.90. The number of hydrogen-bond donors (Lipinski definition) is 0. The van der Waals surface area contributed by atoms with E-state index < -0.39 is 0 Å². The molecule has 3 heteroatoms. The van der Waals surface area contributed by atoms with Crippen molar-refractivity contribution >= 4 is 21.7 Å². The monoisotopic (exact) mass is 302 g/mol. The van der Waals surface area contributed by atoms with Crippen LogP contribution in [0.15, 0.2) is 53.0 Å². The largest absolute Gasteiger partial charge is 0.484 e. The number of carbonyl (C=O) groups is 1. The molecule has 0 aliphatic carbocycles. The van der Waals surface area contributed by atoms with E-state index in [1.54, 1.807) is 0 Å². The Morgan fingerprint density at radius 1 is 1.11 bits per heavy atom. The van der Waals surface area contributed by atoms with E-state index in [9.17, 15) is 4.79 Å². The van der Waals surface area contributed by atoms with Gasteiger partial charge in [-0.2, -0.15) is 0 Å². The number of halogens is 1. The van der Waals surface area contributed by atoms with Gasteiger partial charge < -0.3 is 4.74 Å². The van der Waals surface area contributed by atoms with Crippen LogP contribution in [0.5, 0.6) is 5.75 Å². The van der Waals surface area contributed by atoms with Crippen molar-refractivity contribution in [3.05, 3.63) is 64.1 Å². The van der Waals surface area contributed by atoms with Crippen molar-refractivity contribution in [1.82, 2.24) is 0 Å². The van der Waals surface area contributed by atoms with Gasteiger partial charge in [0, 0.05) is 4.47 Å². The first-order chi connectivity index (χ1) is 8.74. The summed E-state index contributed by atoms with van der Waals surface area (Å²) in [5.41, 5.74) is 1.70. The van der Waals surface area contributed by atoms with Crippen molar-refractivity contribution in [2.45, 2.75) is 12.5 Å². The first kappa shape index (κ1) is 11.5. The molecule has 1 aliphatic rings. The molecule has 3 rings (SSSR count). The Balaban J connectivity index is 1.97. The van der Waals surface area contributed by atoms with Crippen LogP contribution in [-0.4, -0.2) is 5.78 Å². The van der Waals surface area contributed by atoms with Crippen LogP contribution in [0.25, 0.3) is 0 Å². The zero-order valence-corrected chi connectivity index (χ0v) is 11.2. The van der Waals surface area contributed by atoms with Gasteiger partial charge in [-0.1, -0.05) is 40.2 Å². The molecule has 0 amide bonds. The van der Waals surface area contributed by atoms with Crippen molar-refractivity contribution < 1.29 is 9.53 Å². The summed E-state index contributed by atoms with van der Waals surface area (Å²) in [6, 6.07) is 15.3. The molecule has 0 saturated carbocycles. The van der Waals surface area contributed by atoms with E-state index in [-0.39, 0.29) is 11.9 Å². The third-order valence-electron chi connectivity index (χ3n) is 3.05. The van der Waals surface area contributed by atoms with E-state index in [2.05, 4.69) is 15.9 Å². The van der Waals surface area contributed by atoms with Gasteiger partial charge in [-0.25, -0.2) is 0 Å². The third kappa shape index (κ3) is 2.06. The quantitative estimate of drug-likeness (QED) is 0.791. The summed E-state index contributed by atoms with van der Waals surface area (Å²) in [4.78, 5) is 12.1. The summed E-state index contributed by atoms with van der Waals surface area (Å²) in [5.74, 6) is 0.820. The SMILES string of the molecule is O=C1C[C@@H](c2cccc(Br)c2)Oc2ccccc21. The van der Waals surface area contributed by atoms with Gasteiger partial charge in [-0.3, -0.25) is 4.79 Å². The molecule has 0 saturated heterocycles. The number of carbonyl (C=O) groups excluding carboxylic acids is 1. The predicted molar refractivity (Wildman–Crippen MR) is 72.9 cm³/mol. The number of ketones is 1. The summed E-state index contributed by atoms with van der Waals surface area (Å²) >= 11 is 3.44. The zero-order chi connectivity index (χ0) is 12.5. The van der Waals surface area contributed by atoms with E-state index in [4.69, 9.17) is 4.74 Å². The Bertz CT molecular complexity index is 607. The molecule has 0 N–H and O–H groups in total. The van der Waals surface area contributed by atoms with Crippen LogP contribution in [0.2, 0.25) is 0 Å². The molecule has 0 spiro atoms. The maximum atomic E-state index is 12.1. The van der Waals surface area contributed by atoms with Crippen molar-refractivity contribution in [3.63, 3.8) is 0 Å². The zero-order valence-electron chi connectivity index (χ0n) is 9.60. The molecule has 2 aromatic carbocycles. The Hall–Kier alpha value is -1.61. The number of benzene rings is 2. The van der Waals surface area contributed by atoms with Crippen molar-refractivity contribution in [1.29, 1.82) is 0 Å². The van der Waals surface area contributed by atoms with Crippen LogP contribution in [0.4, 0.5) is 0 Å². The van der Waals surface area contributed by atoms with Crippen molar-refractivity contribution in [3.8, 4) is 5.75 Å². The Morgan fingerprint density at radius 2 is 1.94 bits per heavy atom. The van der Waals surface area contributed by atoms with Gasteiger partial charge in [0.05, 0.1) is 12.0 Å². The molecule has 18 heavy (non-hydrogen) atoms. The van der Waals surface area contributed by atoms with Crippen LogP contribution < -0.4 is 4.74 Å². The Kier molecular flexibility index (Phi) is 2.92. The molecule has 0 fully saturated rings. The molecule has 0 bridgehead atoms. The van der Waals surface area contributed by atoms with E-state index in [1.807, 2.05) is 48.5 Å². The van der Waals surface area contributed by atoms with Crippen LogP contribution in [0.3, 0.4) is 0 Å². The number of para-hydroxylation sites is 1. The van der Waals surface area contributed by atoms with E-state index in [0.29, 0.717) is 17.7 Å². The smallest absolute Gasteiger partial charge is 0.170 e. The maximum Gasteiger partial charge on any atom is 0.170 e. The molecule has 1 heterocycles. The standard InChI is InChI=1S/C15H11BrO2/c16-11-5-3-4-10(8-11)15-9-13(17)12-6-1-2-7-14(12)18-15/h1-8,15H,9H2/t15-/m0/s1. The van der Waals surface area contributed by atoms with E-state index >= 15 is 0 Å². The fourth-order valence-corrected chi connectivity index (χ4v) is 2.58. The second-order valence-electron chi connectivity index (χ2n) is 4.28. The molecule has 2 nitrogen and oxygen atoms in total. The summed E-state index contributed by atoms with van der Waals surface area (Å²) in [6.45, 7) is 0. The molecule has 0 radical (unpaired) electrons. The lowest BCUT2D eigenvalue weighted by Gasteiger charge is -2.25. The molecular weight excluding hydrogens is 292 g/mol. The van der Waals surface area contributed by atoms with E-state index in [0.717, 1.165) is 10.0 Å². The topological polar surface area (TPSA) is 26.3 Å². The van der Waals surface area contributed by atoms with Crippen LogP contribution in [0, 0.1) is 0 Å². The predicted octanol–water partition coefficient (Wildman–Crippen LogP) is 4.16. The van der Waals surface area contributed by atoms with Gasteiger partial charge in [-0.15, -0.1) is 0 Å². The lowest BCUT2D eigenvalue weighted by atomic mass is 9.96. The first-order valence-electron chi connectivity index (χ1n) is 5.78. The first-order valence-corrected chi connectivity index (χ1v) is 6.58. The molecule has 2 aromatic rings. The van der Waals surface area contributed by atoms with Crippen molar-refractivity contribution in [2.24, 2.45) is 0 Å². The Morgan fingerprint density at radius 3 is 2.78 bits per heavy atom. The van der Waals surface area contributed by atoms with Gasteiger partial charge in [0.2, 0.25) is 0 Å². The molecule has 0 aromatic heterocycles. The normalized spacial score (nSPS) is 18.1. The average molecular weight is 303 g/mol. The third-order valence-corrected chi connectivity index (χ3v) is 3.54. The van der Waals surface area contributed by atoms with Gasteiger partial charge >= 0.3 is 0 Å². The molecule has 90 valence electrons. The van der Waals surface area contributed by atoms with Crippen molar-refractivity contribution in [2.75, 3.05) is 0 Å². The minimum absolute atomic E-state index is 0.141. The highest BCUT2D eigenvalue weighted by Crippen LogP contribution is 2.35. The maximum absolute atomic E-state index is 12.1. The second kappa shape index (κ2) is 4.58. The molecule has 0 unspecified atom stereocenters. The van der Waals surface area contributed by atoms with E-state index in [1.165, 1.54) is 0 Å². The lowest BCUT2D eigenvalue weighted by molar-refractivity contribution is 0.0850. The van der Waals surface area contributed by atoms with Gasteiger partial charge in [0.1, 0.15) is 11.9 Å². The highest BCUT2D eigenvalue weighted by Gasteiger charge is 2.27. The fourth-order valence-electron chi connectivity index (χ4n) is 2.17. The molecule has 1 aliphatic heterocycles. The van der Waals surface area contributed by atoms with Gasteiger partial charge in [0.15, 0.2) is 5.78 Å².